The van der Waals surface area contributed by atoms with Crippen molar-refractivity contribution >= 4 is 23.1 Å². The number of rotatable bonds is 6. The third-order valence-electron chi connectivity index (χ3n) is 5.49. The highest BCUT2D eigenvalue weighted by Crippen LogP contribution is 2.33. The molecule has 0 unspecified atom stereocenters. The fraction of sp³-hybridized carbons (Fsp3) is 0.318. The van der Waals surface area contributed by atoms with Gasteiger partial charge in [-0.2, -0.15) is 10.4 Å². The molecular weight excluding hydrogens is 396 g/mol. The smallest absolute Gasteiger partial charge is 0.228 e. The number of nitrogens with zero attached hydrogens (tertiary/aromatic N) is 4. The second-order valence-corrected chi connectivity index (χ2v) is 7.94. The van der Waals surface area contributed by atoms with Gasteiger partial charge < -0.3 is 15.4 Å². The molecule has 31 heavy (non-hydrogen) atoms. The van der Waals surface area contributed by atoms with Crippen molar-refractivity contribution in [2.45, 2.75) is 19.3 Å². The summed E-state index contributed by atoms with van der Waals surface area (Å²) in [6, 6.07) is 9.35. The summed E-state index contributed by atoms with van der Waals surface area (Å²) in [5.74, 6) is 1.30. The largest absolute Gasteiger partial charge is 0.491 e. The van der Waals surface area contributed by atoms with E-state index in [1.165, 1.54) is 0 Å². The Morgan fingerprint density at radius 2 is 2.23 bits per heavy atom. The standard InChI is InChI=1S/C22H20N6O3/c23-9-16-7-18(19(11-24-16)31-12-13-5-21(29)25-10-13)15-3-4-28-17(6-15)8-20(27-28)26-22(30)14-1-2-14/h3-4,6-8,11,13-14H,1-2,5,10,12H2,(H,25,29)(H,26,27,30)/t13-/m1/s1. The van der Waals surface area contributed by atoms with Crippen molar-refractivity contribution in [2.75, 3.05) is 18.5 Å². The summed E-state index contributed by atoms with van der Waals surface area (Å²) in [6.07, 6.45) is 5.64. The number of ether oxygens (including phenoxy) is 1. The lowest BCUT2D eigenvalue weighted by Crippen LogP contribution is -2.17. The minimum atomic E-state index is 0.00648. The van der Waals surface area contributed by atoms with Crippen LogP contribution in [-0.2, 0) is 9.59 Å². The molecule has 9 nitrogen and oxygen atoms in total. The third kappa shape index (κ3) is 4.05. The molecule has 0 spiro atoms. The van der Waals surface area contributed by atoms with Gasteiger partial charge in [0.15, 0.2) is 5.82 Å². The predicted molar refractivity (Wildman–Crippen MR) is 111 cm³/mol. The predicted octanol–water partition coefficient (Wildman–Crippen LogP) is 2.13. The lowest BCUT2D eigenvalue weighted by molar-refractivity contribution is -0.119. The van der Waals surface area contributed by atoms with Crippen LogP contribution in [0.1, 0.15) is 25.0 Å². The number of hydrogen-bond donors (Lipinski definition) is 2. The van der Waals surface area contributed by atoms with Crippen molar-refractivity contribution in [1.29, 1.82) is 5.26 Å². The number of nitrogens with one attached hydrogen (secondary N) is 2. The molecule has 1 saturated carbocycles. The van der Waals surface area contributed by atoms with Gasteiger partial charge in [-0.25, -0.2) is 9.50 Å². The Hall–Kier alpha value is -3.93. The van der Waals surface area contributed by atoms with E-state index in [0.717, 1.165) is 29.5 Å². The van der Waals surface area contributed by atoms with E-state index >= 15 is 0 Å². The number of anilines is 1. The van der Waals surface area contributed by atoms with E-state index in [1.54, 1.807) is 23.0 Å². The lowest BCUT2D eigenvalue weighted by atomic mass is 10.1. The summed E-state index contributed by atoms with van der Waals surface area (Å²) >= 11 is 0. The molecule has 1 aliphatic carbocycles. The van der Waals surface area contributed by atoms with E-state index in [4.69, 9.17) is 4.74 Å². The average molecular weight is 416 g/mol. The van der Waals surface area contributed by atoms with Crippen molar-refractivity contribution in [3.63, 3.8) is 0 Å². The maximum absolute atomic E-state index is 12.0. The summed E-state index contributed by atoms with van der Waals surface area (Å²) < 4.78 is 7.67. The fourth-order valence-electron chi connectivity index (χ4n) is 3.63. The molecule has 2 amide bonds. The number of fused-ring (bicyclic) bond motifs is 1. The van der Waals surface area contributed by atoms with E-state index in [0.29, 0.717) is 31.1 Å². The normalized spacial score (nSPS) is 17.9. The molecule has 2 N–H and O–H groups in total. The van der Waals surface area contributed by atoms with Crippen LogP contribution in [0.2, 0.25) is 0 Å². The van der Waals surface area contributed by atoms with E-state index in [1.807, 2.05) is 18.2 Å². The summed E-state index contributed by atoms with van der Waals surface area (Å²) in [6.45, 7) is 0.973. The zero-order valence-electron chi connectivity index (χ0n) is 16.7. The molecule has 3 aromatic heterocycles. The first-order valence-corrected chi connectivity index (χ1v) is 10.2. The maximum atomic E-state index is 12.0. The van der Waals surface area contributed by atoms with Gasteiger partial charge in [-0.15, -0.1) is 0 Å². The molecule has 4 heterocycles. The first-order valence-electron chi connectivity index (χ1n) is 10.2. The van der Waals surface area contributed by atoms with Crippen LogP contribution in [0, 0.1) is 23.2 Å². The van der Waals surface area contributed by atoms with Crippen LogP contribution in [0.15, 0.2) is 36.7 Å². The van der Waals surface area contributed by atoms with Crippen molar-refractivity contribution in [1.82, 2.24) is 19.9 Å². The fourth-order valence-corrected chi connectivity index (χ4v) is 3.63. The summed E-state index contributed by atoms with van der Waals surface area (Å²) in [5.41, 5.74) is 2.65. The molecule has 2 fully saturated rings. The van der Waals surface area contributed by atoms with Crippen LogP contribution in [-0.4, -0.2) is 39.6 Å². The number of aromatic nitrogens is 3. The zero-order valence-corrected chi connectivity index (χ0v) is 16.7. The van der Waals surface area contributed by atoms with Crippen molar-refractivity contribution < 1.29 is 14.3 Å². The molecule has 5 rings (SSSR count). The third-order valence-corrected chi connectivity index (χ3v) is 5.49. The molecule has 9 heteroatoms. The second-order valence-electron chi connectivity index (χ2n) is 7.94. The van der Waals surface area contributed by atoms with Gasteiger partial charge in [-0.05, 0) is 36.6 Å². The number of hydrogen-bond acceptors (Lipinski definition) is 6. The van der Waals surface area contributed by atoms with Gasteiger partial charge in [0.1, 0.15) is 17.5 Å². The highest BCUT2D eigenvalue weighted by Gasteiger charge is 2.30. The summed E-state index contributed by atoms with van der Waals surface area (Å²) in [4.78, 5) is 27.6. The van der Waals surface area contributed by atoms with Crippen molar-refractivity contribution in [2.24, 2.45) is 11.8 Å². The van der Waals surface area contributed by atoms with Crippen LogP contribution in [0.3, 0.4) is 0 Å². The maximum Gasteiger partial charge on any atom is 0.228 e. The minimum Gasteiger partial charge on any atom is -0.491 e. The van der Waals surface area contributed by atoms with Gasteiger partial charge in [0.05, 0.1) is 18.3 Å². The Bertz CT molecular complexity index is 1220. The molecule has 0 aromatic carbocycles. The van der Waals surface area contributed by atoms with Gasteiger partial charge in [0.25, 0.3) is 0 Å². The molecule has 156 valence electrons. The molecule has 2 aliphatic rings. The molecule has 1 saturated heterocycles. The first-order chi connectivity index (χ1) is 15.1. The number of pyridine rings is 2. The Labute approximate surface area is 178 Å². The highest BCUT2D eigenvalue weighted by molar-refractivity contribution is 5.93. The van der Waals surface area contributed by atoms with Gasteiger partial charge in [0, 0.05) is 42.6 Å². The van der Waals surface area contributed by atoms with Crippen LogP contribution >= 0.6 is 0 Å². The van der Waals surface area contributed by atoms with E-state index in [-0.39, 0.29) is 29.3 Å². The van der Waals surface area contributed by atoms with Crippen molar-refractivity contribution in [3.8, 4) is 22.9 Å². The molecule has 0 radical (unpaired) electrons. The number of amides is 2. The highest BCUT2D eigenvalue weighted by atomic mass is 16.5. The van der Waals surface area contributed by atoms with Gasteiger partial charge in [-0.3, -0.25) is 9.59 Å². The molecule has 0 bridgehead atoms. The van der Waals surface area contributed by atoms with E-state index in [9.17, 15) is 14.9 Å². The van der Waals surface area contributed by atoms with E-state index < -0.39 is 0 Å². The Kier molecular flexibility index (Phi) is 4.75. The summed E-state index contributed by atoms with van der Waals surface area (Å²) in [5, 5.41) is 19.3. The quantitative estimate of drug-likeness (QED) is 0.635. The molecule has 1 atom stereocenters. The zero-order chi connectivity index (χ0) is 21.4. The number of carbonyl (C=O) groups is 2. The Morgan fingerprint density at radius 3 is 2.97 bits per heavy atom. The lowest BCUT2D eigenvalue weighted by Gasteiger charge is -2.14. The first kappa shape index (κ1) is 19.1. The molecular formula is C22H20N6O3. The van der Waals surface area contributed by atoms with Crippen LogP contribution in [0.25, 0.3) is 16.6 Å². The van der Waals surface area contributed by atoms with Gasteiger partial charge in [-0.1, -0.05) is 0 Å². The van der Waals surface area contributed by atoms with Crippen LogP contribution < -0.4 is 15.4 Å². The van der Waals surface area contributed by atoms with Gasteiger partial charge in [0.2, 0.25) is 11.8 Å². The monoisotopic (exact) mass is 416 g/mol. The molecule has 1 aliphatic heterocycles. The summed E-state index contributed by atoms with van der Waals surface area (Å²) in [7, 11) is 0. The Morgan fingerprint density at radius 1 is 1.35 bits per heavy atom. The topological polar surface area (TPSA) is 121 Å². The van der Waals surface area contributed by atoms with Crippen LogP contribution in [0.4, 0.5) is 5.82 Å². The van der Waals surface area contributed by atoms with Crippen LogP contribution in [0.5, 0.6) is 5.75 Å². The average Bonchev–Trinajstić information content (AvgIpc) is 3.43. The molecule has 3 aromatic rings. The number of nitriles is 1. The van der Waals surface area contributed by atoms with Crippen molar-refractivity contribution in [3.05, 3.63) is 42.4 Å². The van der Waals surface area contributed by atoms with Gasteiger partial charge >= 0.3 is 0 Å². The minimum absolute atomic E-state index is 0.00648. The van der Waals surface area contributed by atoms with E-state index in [2.05, 4.69) is 26.8 Å². The number of carbonyl (C=O) groups excluding carboxylic acids is 2. The second kappa shape index (κ2) is 7.72. The Balaban J connectivity index is 1.42. The SMILES string of the molecule is N#Cc1cc(-c2ccn3nc(NC(=O)C4CC4)cc3c2)c(OC[C@H]2CNC(=O)C2)cn1.